The average molecular weight is 320 g/mol. The van der Waals surface area contributed by atoms with Crippen molar-refractivity contribution in [1.82, 2.24) is 15.1 Å². The summed E-state index contributed by atoms with van der Waals surface area (Å²) in [5, 5.41) is 7.65. The number of carbonyl (C=O) groups excluding carboxylic acids is 1. The average Bonchev–Trinajstić information content (AvgIpc) is 2.99. The van der Waals surface area contributed by atoms with Crippen molar-refractivity contribution in [2.45, 2.75) is 26.0 Å². The monoisotopic (exact) mass is 319 g/mol. The molecule has 6 heteroatoms. The van der Waals surface area contributed by atoms with Crippen LogP contribution in [-0.4, -0.2) is 46.3 Å². The Morgan fingerprint density at radius 1 is 1.41 bits per heavy atom. The van der Waals surface area contributed by atoms with Gasteiger partial charge in [0.2, 0.25) is 0 Å². The molecule has 1 fully saturated rings. The molecule has 1 amide bonds. The highest BCUT2D eigenvalue weighted by Crippen LogP contribution is 2.26. The number of benzene rings is 1. The van der Waals surface area contributed by atoms with Gasteiger partial charge in [-0.3, -0.25) is 9.89 Å². The van der Waals surface area contributed by atoms with Gasteiger partial charge in [0.25, 0.3) is 5.91 Å². The molecule has 1 aliphatic rings. The molecule has 2 aromatic rings. The van der Waals surface area contributed by atoms with Crippen LogP contribution in [0.2, 0.25) is 5.02 Å². The van der Waals surface area contributed by atoms with Gasteiger partial charge in [-0.1, -0.05) is 29.8 Å². The quantitative estimate of drug-likeness (QED) is 0.925. The Kier molecular flexibility index (Phi) is 4.18. The van der Waals surface area contributed by atoms with Crippen molar-refractivity contribution in [1.29, 1.82) is 0 Å². The molecule has 0 saturated carbocycles. The van der Waals surface area contributed by atoms with Gasteiger partial charge >= 0.3 is 0 Å². The normalized spacial score (nSPS) is 21.9. The lowest BCUT2D eigenvalue weighted by molar-refractivity contribution is -0.0389. The molecule has 1 aromatic heterocycles. The van der Waals surface area contributed by atoms with Crippen LogP contribution in [-0.2, 0) is 4.74 Å². The molecule has 1 N–H and O–H groups in total. The van der Waals surface area contributed by atoms with Crippen LogP contribution < -0.4 is 0 Å². The van der Waals surface area contributed by atoms with Crippen LogP contribution in [0.25, 0.3) is 11.3 Å². The van der Waals surface area contributed by atoms with E-state index in [9.17, 15) is 4.79 Å². The number of aromatic amines is 1. The molecule has 0 unspecified atom stereocenters. The fourth-order valence-electron chi connectivity index (χ4n) is 2.58. The van der Waals surface area contributed by atoms with E-state index in [0.717, 1.165) is 5.56 Å². The van der Waals surface area contributed by atoms with Gasteiger partial charge in [0.05, 0.1) is 29.5 Å². The summed E-state index contributed by atoms with van der Waals surface area (Å²) in [6.45, 7) is 5.09. The van der Waals surface area contributed by atoms with E-state index in [1.165, 1.54) is 0 Å². The van der Waals surface area contributed by atoms with Crippen molar-refractivity contribution >= 4 is 17.5 Å². The van der Waals surface area contributed by atoms with Crippen LogP contribution >= 0.6 is 11.6 Å². The Morgan fingerprint density at radius 3 is 2.95 bits per heavy atom. The summed E-state index contributed by atoms with van der Waals surface area (Å²) in [4.78, 5) is 14.5. The zero-order valence-corrected chi connectivity index (χ0v) is 13.3. The number of rotatable bonds is 2. The summed E-state index contributed by atoms with van der Waals surface area (Å²) in [5.74, 6) is -0.0616. The number of nitrogens with one attached hydrogen (secondary N) is 1. The van der Waals surface area contributed by atoms with Gasteiger partial charge in [-0.2, -0.15) is 5.10 Å². The van der Waals surface area contributed by atoms with Gasteiger partial charge in [-0.25, -0.2) is 0 Å². The Morgan fingerprint density at radius 2 is 2.18 bits per heavy atom. The number of aromatic nitrogens is 2. The second-order valence-electron chi connectivity index (χ2n) is 5.60. The van der Waals surface area contributed by atoms with Crippen molar-refractivity contribution < 1.29 is 9.53 Å². The third-order valence-electron chi connectivity index (χ3n) is 3.83. The van der Waals surface area contributed by atoms with Crippen molar-refractivity contribution in [3.8, 4) is 11.3 Å². The van der Waals surface area contributed by atoms with Gasteiger partial charge in [-0.05, 0) is 26.0 Å². The minimum Gasteiger partial charge on any atom is -0.375 e. The third kappa shape index (κ3) is 2.87. The fourth-order valence-corrected chi connectivity index (χ4v) is 2.81. The Balaban J connectivity index is 1.84. The molecule has 116 valence electrons. The van der Waals surface area contributed by atoms with E-state index in [2.05, 4.69) is 10.2 Å². The van der Waals surface area contributed by atoms with Gasteiger partial charge in [0.1, 0.15) is 5.69 Å². The molecular weight excluding hydrogens is 302 g/mol. The minimum atomic E-state index is -0.0616. The van der Waals surface area contributed by atoms with E-state index in [0.29, 0.717) is 29.6 Å². The van der Waals surface area contributed by atoms with Crippen LogP contribution in [0.3, 0.4) is 0 Å². The molecule has 2 atom stereocenters. The first-order valence-corrected chi connectivity index (χ1v) is 7.67. The molecule has 22 heavy (non-hydrogen) atoms. The highest BCUT2D eigenvalue weighted by molar-refractivity contribution is 6.33. The summed E-state index contributed by atoms with van der Waals surface area (Å²) in [5.41, 5.74) is 1.95. The number of H-pyrrole nitrogens is 1. The molecule has 3 rings (SSSR count). The number of morpholine rings is 1. The Bertz CT molecular complexity index is 686. The van der Waals surface area contributed by atoms with Gasteiger partial charge < -0.3 is 9.64 Å². The predicted octanol–water partition coefficient (Wildman–Crippen LogP) is 2.98. The molecule has 1 saturated heterocycles. The van der Waals surface area contributed by atoms with Crippen LogP contribution in [0.5, 0.6) is 0 Å². The first-order chi connectivity index (χ1) is 10.6. The molecule has 2 heterocycles. The minimum absolute atomic E-state index is 0.0473. The number of carbonyl (C=O) groups is 1. The van der Waals surface area contributed by atoms with Crippen molar-refractivity contribution in [2.24, 2.45) is 0 Å². The zero-order valence-electron chi connectivity index (χ0n) is 12.5. The van der Waals surface area contributed by atoms with E-state index in [1.807, 2.05) is 36.9 Å². The summed E-state index contributed by atoms with van der Waals surface area (Å²) in [6, 6.07) is 9.24. The lowest BCUT2D eigenvalue weighted by Crippen LogP contribution is -2.50. The lowest BCUT2D eigenvalue weighted by atomic mass is 10.1. The van der Waals surface area contributed by atoms with Crippen LogP contribution in [0, 0.1) is 0 Å². The topological polar surface area (TPSA) is 58.2 Å². The fraction of sp³-hybridized carbons (Fsp3) is 0.375. The molecule has 0 bridgehead atoms. The SMILES string of the molecule is C[C@@H]1CN(C(=O)c2cc(-c3ccccc3Cl)n[nH]2)[C@@H](C)CO1. The standard InChI is InChI=1S/C16H18ClN3O2/c1-10-9-22-11(2)8-20(10)16(21)15-7-14(18-19-15)12-5-3-4-6-13(12)17/h3-7,10-11H,8-9H2,1-2H3,(H,18,19)/t10-,11+/m0/s1. The molecule has 0 radical (unpaired) electrons. The molecule has 1 aromatic carbocycles. The number of hydrogen-bond acceptors (Lipinski definition) is 3. The van der Waals surface area contributed by atoms with E-state index >= 15 is 0 Å². The number of hydrogen-bond donors (Lipinski definition) is 1. The maximum absolute atomic E-state index is 12.7. The number of ether oxygens (including phenoxy) is 1. The molecule has 1 aliphatic heterocycles. The lowest BCUT2D eigenvalue weighted by Gasteiger charge is -2.36. The first kappa shape index (κ1) is 15.1. The number of nitrogens with zero attached hydrogens (tertiary/aromatic N) is 2. The van der Waals surface area contributed by atoms with E-state index in [1.54, 1.807) is 12.1 Å². The Labute approximate surface area is 134 Å². The summed E-state index contributed by atoms with van der Waals surface area (Å²) in [7, 11) is 0. The maximum Gasteiger partial charge on any atom is 0.272 e. The molecule has 0 spiro atoms. The molecule has 5 nitrogen and oxygen atoms in total. The smallest absolute Gasteiger partial charge is 0.272 e. The Hall–Kier alpha value is -1.85. The predicted molar refractivity (Wildman–Crippen MR) is 84.9 cm³/mol. The van der Waals surface area contributed by atoms with E-state index < -0.39 is 0 Å². The first-order valence-electron chi connectivity index (χ1n) is 7.29. The van der Waals surface area contributed by atoms with Crippen molar-refractivity contribution in [3.63, 3.8) is 0 Å². The van der Waals surface area contributed by atoms with Crippen LogP contribution in [0.15, 0.2) is 30.3 Å². The second kappa shape index (κ2) is 6.10. The summed E-state index contributed by atoms with van der Waals surface area (Å²) >= 11 is 6.17. The number of amides is 1. The number of halogens is 1. The maximum atomic E-state index is 12.7. The summed E-state index contributed by atoms with van der Waals surface area (Å²) < 4.78 is 5.56. The van der Waals surface area contributed by atoms with Gasteiger partial charge in [0, 0.05) is 12.1 Å². The van der Waals surface area contributed by atoms with Gasteiger partial charge in [0.15, 0.2) is 0 Å². The molecule has 0 aliphatic carbocycles. The van der Waals surface area contributed by atoms with Gasteiger partial charge in [-0.15, -0.1) is 0 Å². The van der Waals surface area contributed by atoms with E-state index in [4.69, 9.17) is 16.3 Å². The van der Waals surface area contributed by atoms with Crippen LogP contribution in [0.4, 0.5) is 0 Å². The largest absolute Gasteiger partial charge is 0.375 e. The zero-order chi connectivity index (χ0) is 15.7. The molecular formula is C16H18ClN3O2. The van der Waals surface area contributed by atoms with Crippen molar-refractivity contribution in [2.75, 3.05) is 13.2 Å². The highest BCUT2D eigenvalue weighted by atomic mass is 35.5. The highest BCUT2D eigenvalue weighted by Gasteiger charge is 2.29. The van der Waals surface area contributed by atoms with Crippen LogP contribution in [0.1, 0.15) is 24.3 Å². The second-order valence-corrected chi connectivity index (χ2v) is 6.00. The summed E-state index contributed by atoms with van der Waals surface area (Å²) in [6.07, 6.45) is 0.0473. The van der Waals surface area contributed by atoms with Crippen molar-refractivity contribution in [3.05, 3.63) is 41.0 Å². The van der Waals surface area contributed by atoms with E-state index in [-0.39, 0.29) is 18.1 Å². The third-order valence-corrected chi connectivity index (χ3v) is 4.16.